The summed E-state index contributed by atoms with van der Waals surface area (Å²) in [4.78, 5) is 19.5. The monoisotopic (exact) mass is 347 g/mol. The van der Waals surface area contributed by atoms with E-state index in [1.807, 2.05) is 26.0 Å². The highest BCUT2D eigenvalue weighted by Crippen LogP contribution is 2.17. The third kappa shape index (κ3) is 4.32. The van der Waals surface area contributed by atoms with Crippen LogP contribution in [0.15, 0.2) is 23.3 Å². The predicted molar refractivity (Wildman–Crippen MR) is 94.6 cm³/mol. The zero-order valence-corrected chi connectivity index (χ0v) is 14.1. The van der Waals surface area contributed by atoms with Crippen molar-refractivity contribution in [3.05, 3.63) is 45.7 Å². The molecular weight excluding hydrogens is 330 g/mol. The van der Waals surface area contributed by atoms with Gasteiger partial charge in [0.2, 0.25) is 0 Å². The molecule has 0 bridgehead atoms. The SMILES string of the molecule is Cc1ccc(CN/N=C/NC(=O)c2nc(Cl)c(N)nc2N)c(C)c1. The summed E-state index contributed by atoms with van der Waals surface area (Å²) in [6.07, 6.45) is 1.21. The van der Waals surface area contributed by atoms with E-state index in [2.05, 4.69) is 31.9 Å². The number of benzene rings is 1. The highest BCUT2D eigenvalue weighted by atomic mass is 35.5. The van der Waals surface area contributed by atoms with Gasteiger partial charge in [0.1, 0.15) is 6.34 Å². The number of nitrogens with zero attached hydrogens (tertiary/aromatic N) is 3. The first-order valence-corrected chi connectivity index (χ1v) is 7.46. The molecule has 9 heteroatoms. The Labute approximate surface area is 144 Å². The molecule has 1 aromatic carbocycles. The van der Waals surface area contributed by atoms with Crippen molar-refractivity contribution in [3.63, 3.8) is 0 Å². The van der Waals surface area contributed by atoms with Gasteiger partial charge in [-0.2, -0.15) is 5.10 Å². The maximum absolute atomic E-state index is 11.9. The molecule has 0 saturated heterocycles. The molecule has 6 N–H and O–H groups in total. The lowest BCUT2D eigenvalue weighted by Gasteiger charge is -2.07. The van der Waals surface area contributed by atoms with Crippen LogP contribution >= 0.6 is 11.6 Å². The number of aryl methyl sites for hydroxylation is 2. The minimum absolute atomic E-state index is 0.0329. The van der Waals surface area contributed by atoms with Crippen LogP contribution in [0.1, 0.15) is 27.2 Å². The summed E-state index contributed by atoms with van der Waals surface area (Å²) in [5.74, 6) is -0.723. The summed E-state index contributed by atoms with van der Waals surface area (Å²) in [6.45, 7) is 4.60. The van der Waals surface area contributed by atoms with Gasteiger partial charge >= 0.3 is 0 Å². The normalized spacial score (nSPS) is 10.8. The summed E-state index contributed by atoms with van der Waals surface area (Å²) >= 11 is 5.73. The van der Waals surface area contributed by atoms with Crippen LogP contribution < -0.4 is 22.2 Å². The lowest BCUT2D eigenvalue weighted by atomic mass is 10.1. The van der Waals surface area contributed by atoms with Crippen molar-refractivity contribution in [2.45, 2.75) is 20.4 Å². The fourth-order valence-corrected chi connectivity index (χ4v) is 2.12. The molecule has 1 amide bonds. The number of hydrogen-bond acceptors (Lipinski definition) is 7. The number of amides is 1. The highest BCUT2D eigenvalue weighted by molar-refractivity contribution is 6.31. The molecule has 0 unspecified atom stereocenters. The second-order valence-corrected chi connectivity index (χ2v) is 5.49. The van der Waals surface area contributed by atoms with E-state index in [1.54, 1.807) is 0 Å². The van der Waals surface area contributed by atoms with Gasteiger partial charge < -0.3 is 22.2 Å². The number of anilines is 2. The third-order valence-corrected chi connectivity index (χ3v) is 3.52. The average molecular weight is 348 g/mol. The second-order valence-electron chi connectivity index (χ2n) is 5.13. The number of nitrogens with two attached hydrogens (primary N) is 2. The number of carbonyl (C=O) groups is 1. The summed E-state index contributed by atoms with van der Waals surface area (Å²) in [5, 5.41) is 6.25. The third-order valence-electron chi connectivity index (χ3n) is 3.24. The summed E-state index contributed by atoms with van der Waals surface area (Å²) in [7, 11) is 0. The Hall–Kier alpha value is -2.87. The Morgan fingerprint density at radius 1 is 1.29 bits per heavy atom. The molecule has 126 valence electrons. The molecule has 24 heavy (non-hydrogen) atoms. The number of aromatic nitrogens is 2. The predicted octanol–water partition coefficient (Wildman–Crippen LogP) is 1.37. The first kappa shape index (κ1) is 17.5. The number of nitrogen functional groups attached to an aromatic ring is 2. The van der Waals surface area contributed by atoms with Crippen molar-refractivity contribution in [2.75, 3.05) is 11.5 Å². The molecule has 0 spiro atoms. The van der Waals surface area contributed by atoms with Crippen molar-refractivity contribution in [3.8, 4) is 0 Å². The van der Waals surface area contributed by atoms with Crippen LogP contribution in [0.5, 0.6) is 0 Å². The first-order chi connectivity index (χ1) is 11.4. The largest absolute Gasteiger partial charge is 0.382 e. The van der Waals surface area contributed by atoms with Crippen molar-refractivity contribution >= 4 is 35.5 Å². The molecular formula is C15H18ClN7O. The zero-order chi connectivity index (χ0) is 17.7. The van der Waals surface area contributed by atoms with Gasteiger partial charge in [0.25, 0.3) is 5.91 Å². The average Bonchev–Trinajstić information content (AvgIpc) is 2.52. The number of hydrogen-bond donors (Lipinski definition) is 4. The smallest absolute Gasteiger partial charge is 0.278 e. The second kappa shape index (κ2) is 7.60. The maximum Gasteiger partial charge on any atom is 0.278 e. The molecule has 1 heterocycles. The van der Waals surface area contributed by atoms with Gasteiger partial charge in [0.15, 0.2) is 22.5 Å². The number of hydrazone groups is 1. The molecule has 0 atom stereocenters. The van der Waals surface area contributed by atoms with Gasteiger partial charge in [-0.05, 0) is 25.0 Å². The first-order valence-electron chi connectivity index (χ1n) is 7.08. The highest BCUT2D eigenvalue weighted by Gasteiger charge is 2.14. The van der Waals surface area contributed by atoms with E-state index in [0.717, 1.165) is 5.56 Å². The van der Waals surface area contributed by atoms with Crippen LogP contribution in [0.25, 0.3) is 0 Å². The molecule has 0 radical (unpaired) electrons. The van der Waals surface area contributed by atoms with E-state index >= 15 is 0 Å². The molecule has 2 rings (SSSR count). The Balaban J connectivity index is 1.90. The van der Waals surface area contributed by atoms with E-state index in [4.69, 9.17) is 23.1 Å². The van der Waals surface area contributed by atoms with Crippen molar-refractivity contribution in [1.82, 2.24) is 20.7 Å². The van der Waals surface area contributed by atoms with E-state index in [9.17, 15) is 4.79 Å². The Kier molecular flexibility index (Phi) is 5.54. The number of carbonyl (C=O) groups excluding carboxylic acids is 1. The van der Waals surface area contributed by atoms with Crippen LogP contribution in [0, 0.1) is 13.8 Å². The van der Waals surface area contributed by atoms with Crippen LogP contribution in [-0.2, 0) is 6.54 Å². The standard InChI is InChI=1S/C15H18ClN7O/c1-8-3-4-10(9(2)5-8)6-20-21-7-19-15(24)11-13(17)23-14(18)12(16)22-11/h3-5,7,20H,6H2,1-2H3,(H4,17,18,23)(H,19,21,24). The molecule has 0 aliphatic heterocycles. The fourth-order valence-electron chi connectivity index (χ4n) is 1.99. The lowest BCUT2D eigenvalue weighted by molar-refractivity contribution is 0.0974. The van der Waals surface area contributed by atoms with Crippen molar-refractivity contribution in [1.29, 1.82) is 0 Å². The number of rotatable bonds is 5. The molecule has 2 aromatic rings. The van der Waals surface area contributed by atoms with Crippen molar-refractivity contribution < 1.29 is 4.79 Å². The molecule has 0 aliphatic rings. The van der Waals surface area contributed by atoms with Crippen LogP contribution in [0.3, 0.4) is 0 Å². The Bertz CT molecular complexity index is 792. The van der Waals surface area contributed by atoms with Gasteiger partial charge in [-0.1, -0.05) is 35.4 Å². The zero-order valence-electron chi connectivity index (χ0n) is 13.3. The van der Waals surface area contributed by atoms with E-state index < -0.39 is 5.91 Å². The molecule has 8 nitrogen and oxygen atoms in total. The topological polar surface area (TPSA) is 131 Å². The Morgan fingerprint density at radius 2 is 2.04 bits per heavy atom. The number of halogens is 1. The van der Waals surface area contributed by atoms with Gasteiger partial charge in [-0.25, -0.2) is 9.97 Å². The van der Waals surface area contributed by atoms with E-state index in [0.29, 0.717) is 6.54 Å². The van der Waals surface area contributed by atoms with Crippen molar-refractivity contribution in [2.24, 2.45) is 5.10 Å². The van der Waals surface area contributed by atoms with Crippen LogP contribution in [0.2, 0.25) is 5.15 Å². The molecule has 1 aromatic heterocycles. The van der Waals surface area contributed by atoms with Gasteiger partial charge in [-0.3, -0.25) is 4.79 Å². The van der Waals surface area contributed by atoms with Gasteiger partial charge in [0, 0.05) is 0 Å². The maximum atomic E-state index is 11.9. The fraction of sp³-hybridized carbons (Fsp3) is 0.200. The minimum atomic E-state index is -0.584. The summed E-state index contributed by atoms with van der Waals surface area (Å²) < 4.78 is 0. The Morgan fingerprint density at radius 3 is 2.75 bits per heavy atom. The quantitative estimate of drug-likeness (QED) is 0.367. The van der Waals surface area contributed by atoms with Gasteiger partial charge in [-0.15, -0.1) is 0 Å². The molecule has 0 aliphatic carbocycles. The van der Waals surface area contributed by atoms with E-state index in [1.165, 1.54) is 17.5 Å². The number of nitrogens with one attached hydrogen (secondary N) is 2. The van der Waals surface area contributed by atoms with E-state index in [-0.39, 0.29) is 22.5 Å². The lowest BCUT2D eigenvalue weighted by Crippen LogP contribution is -2.26. The minimum Gasteiger partial charge on any atom is -0.382 e. The summed E-state index contributed by atoms with van der Waals surface area (Å²) in [5.41, 5.74) is 17.3. The summed E-state index contributed by atoms with van der Waals surface area (Å²) in [6, 6.07) is 6.15. The van der Waals surface area contributed by atoms with Crippen LogP contribution in [-0.4, -0.2) is 22.2 Å². The molecule has 0 saturated carbocycles. The van der Waals surface area contributed by atoms with Crippen LogP contribution in [0.4, 0.5) is 11.6 Å². The van der Waals surface area contributed by atoms with Gasteiger partial charge in [0.05, 0.1) is 6.54 Å². The molecule has 0 fully saturated rings.